The molecule has 0 aliphatic carbocycles. The number of esters is 1. The van der Waals surface area contributed by atoms with Gasteiger partial charge in [-0.25, -0.2) is 4.79 Å². The van der Waals surface area contributed by atoms with Crippen molar-refractivity contribution in [2.45, 2.75) is 57.7 Å². The summed E-state index contributed by atoms with van der Waals surface area (Å²) in [5, 5.41) is 8.50. The van der Waals surface area contributed by atoms with Gasteiger partial charge >= 0.3 is 5.97 Å². The van der Waals surface area contributed by atoms with Crippen LogP contribution in [0.3, 0.4) is 0 Å². The molecule has 10 nitrogen and oxygen atoms in total. The second kappa shape index (κ2) is 16.6. The van der Waals surface area contributed by atoms with Crippen LogP contribution in [-0.2, 0) is 41.5 Å². The van der Waals surface area contributed by atoms with Gasteiger partial charge in [-0.1, -0.05) is 74.5 Å². The molecule has 1 saturated heterocycles. The van der Waals surface area contributed by atoms with Crippen molar-refractivity contribution in [3.63, 3.8) is 0 Å². The molecule has 0 aromatic heterocycles. The van der Waals surface area contributed by atoms with E-state index in [0.29, 0.717) is 39.1 Å². The molecule has 3 rings (SSSR count). The van der Waals surface area contributed by atoms with Crippen molar-refractivity contribution in [2.24, 2.45) is 5.92 Å². The fourth-order valence-electron chi connectivity index (χ4n) is 5.06. The second-order valence-corrected chi connectivity index (χ2v) is 11.1. The third kappa shape index (κ3) is 10.6. The molecular weight excluding hydrogens is 536 g/mol. The van der Waals surface area contributed by atoms with Gasteiger partial charge < -0.3 is 25.4 Å². The minimum absolute atomic E-state index is 0.0464. The van der Waals surface area contributed by atoms with Gasteiger partial charge in [0.05, 0.1) is 26.9 Å². The highest BCUT2D eigenvalue weighted by molar-refractivity contribution is 5.97. The van der Waals surface area contributed by atoms with Crippen LogP contribution in [0.25, 0.3) is 0 Å². The minimum atomic E-state index is -1.77. The van der Waals surface area contributed by atoms with E-state index in [4.69, 9.17) is 9.47 Å². The van der Waals surface area contributed by atoms with Gasteiger partial charge in [0.25, 0.3) is 5.91 Å². The molecule has 2 atom stereocenters. The molecule has 3 N–H and O–H groups in total. The molecule has 0 spiro atoms. The molecule has 0 radical (unpaired) electrons. The molecule has 2 aromatic rings. The van der Waals surface area contributed by atoms with Gasteiger partial charge in [0.2, 0.25) is 11.8 Å². The average molecular weight is 581 g/mol. The minimum Gasteiger partial charge on any atom is -0.467 e. The number of methoxy groups -OCH3 is 1. The highest BCUT2D eigenvalue weighted by atomic mass is 16.5. The Balaban J connectivity index is 1.83. The predicted molar refractivity (Wildman–Crippen MR) is 159 cm³/mol. The molecule has 0 bridgehead atoms. The number of carbonyl (C=O) groups excluding carboxylic acids is 4. The van der Waals surface area contributed by atoms with E-state index in [1.54, 1.807) is 0 Å². The number of nitrogens with one attached hydrogen (secondary N) is 3. The zero-order valence-electron chi connectivity index (χ0n) is 24.9. The fraction of sp³-hybridized carbons (Fsp3) is 0.500. The maximum Gasteiger partial charge on any atom is 0.328 e. The molecule has 1 fully saturated rings. The average Bonchev–Trinajstić information content (AvgIpc) is 2.97. The van der Waals surface area contributed by atoms with E-state index in [9.17, 15) is 19.2 Å². The second-order valence-electron chi connectivity index (χ2n) is 11.1. The summed E-state index contributed by atoms with van der Waals surface area (Å²) < 4.78 is 10.4. The first-order valence-electron chi connectivity index (χ1n) is 14.6. The first-order chi connectivity index (χ1) is 20.2. The molecule has 3 amide bonds. The van der Waals surface area contributed by atoms with Crippen molar-refractivity contribution in [2.75, 3.05) is 40.0 Å². The first-order valence-corrected chi connectivity index (χ1v) is 14.6. The molecule has 0 saturated carbocycles. The SMILES string of the molecule is COC(=O)C(Cc1ccccc1)NC(=O)[C@@](CC(C)C)(NC(=O)CCCc1ccccc1)NC(=O)CN1CCOCC1. The Hall–Kier alpha value is -3.76. The molecule has 42 heavy (non-hydrogen) atoms. The lowest BCUT2D eigenvalue weighted by Crippen LogP contribution is -2.71. The van der Waals surface area contributed by atoms with Crippen LogP contribution in [0.5, 0.6) is 0 Å². The summed E-state index contributed by atoms with van der Waals surface area (Å²) in [6.45, 7) is 6.06. The van der Waals surface area contributed by atoms with Crippen LogP contribution in [0.15, 0.2) is 60.7 Å². The van der Waals surface area contributed by atoms with Crippen molar-refractivity contribution in [1.82, 2.24) is 20.9 Å². The quantitative estimate of drug-likeness (QED) is 0.218. The Kier molecular flexibility index (Phi) is 13.0. The largest absolute Gasteiger partial charge is 0.467 e. The number of aryl methyl sites for hydroxylation is 1. The fourth-order valence-corrected chi connectivity index (χ4v) is 5.06. The van der Waals surface area contributed by atoms with Gasteiger partial charge in [-0.05, 0) is 29.9 Å². The van der Waals surface area contributed by atoms with Crippen LogP contribution in [-0.4, -0.2) is 80.3 Å². The lowest BCUT2D eigenvalue weighted by atomic mass is 9.94. The number of ether oxygens (including phenoxy) is 2. The van der Waals surface area contributed by atoms with Crippen LogP contribution in [0.4, 0.5) is 0 Å². The summed E-state index contributed by atoms with van der Waals surface area (Å²) in [4.78, 5) is 55.4. The number of morpholine rings is 1. The van der Waals surface area contributed by atoms with Gasteiger partial charge in [0.1, 0.15) is 6.04 Å². The molecule has 10 heteroatoms. The van der Waals surface area contributed by atoms with Crippen LogP contribution < -0.4 is 16.0 Å². The van der Waals surface area contributed by atoms with Gasteiger partial charge in [0, 0.05) is 32.4 Å². The predicted octanol–water partition coefficient (Wildman–Crippen LogP) is 2.22. The Morgan fingerprint density at radius 3 is 2.10 bits per heavy atom. The number of carbonyl (C=O) groups is 4. The lowest BCUT2D eigenvalue weighted by Gasteiger charge is -2.37. The molecule has 1 unspecified atom stereocenters. The number of nitrogens with zero attached hydrogens (tertiary/aromatic N) is 1. The van der Waals surface area contributed by atoms with E-state index in [1.165, 1.54) is 7.11 Å². The number of rotatable bonds is 15. The Morgan fingerprint density at radius 1 is 0.905 bits per heavy atom. The van der Waals surface area contributed by atoms with Crippen LogP contribution >= 0.6 is 0 Å². The monoisotopic (exact) mass is 580 g/mol. The van der Waals surface area contributed by atoms with Crippen molar-refractivity contribution in [3.8, 4) is 0 Å². The molecule has 1 heterocycles. The van der Waals surface area contributed by atoms with E-state index in [2.05, 4.69) is 16.0 Å². The zero-order chi connectivity index (χ0) is 30.4. The van der Waals surface area contributed by atoms with E-state index < -0.39 is 29.5 Å². The van der Waals surface area contributed by atoms with Crippen LogP contribution in [0.2, 0.25) is 0 Å². The molecular formula is C32H44N4O6. The van der Waals surface area contributed by atoms with E-state index in [-0.39, 0.29) is 37.6 Å². The molecule has 1 aliphatic heterocycles. The van der Waals surface area contributed by atoms with Crippen molar-refractivity contribution < 1.29 is 28.7 Å². The molecule has 2 aromatic carbocycles. The van der Waals surface area contributed by atoms with E-state index in [1.807, 2.05) is 79.4 Å². The summed E-state index contributed by atoms with van der Waals surface area (Å²) in [7, 11) is 1.26. The maximum absolute atomic E-state index is 14.1. The number of amides is 3. The third-order valence-electron chi connectivity index (χ3n) is 7.06. The first kappa shape index (κ1) is 32.8. The number of hydrogen-bond acceptors (Lipinski definition) is 7. The van der Waals surface area contributed by atoms with Crippen LogP contribution in [0, 0.1) is 5.92 Å². The van der Waals surface area contributed by atoms with Gasteiger partial charge in [-0.2, -0.15) is 0 Å². The number of benzene rings is 2. The standard InChI is InChI=1S/C32H44N4O6/c1-24(2)22-32(35-29(38)23-36-17-19-42-20-18-36,34-28(37)16-10-15-25-11-6-4-7-12-25)31(40)33-27(30(39)41-3)21-26-13-8-5-9-14-26/h4-9,11-14,24,27H,10,15-23H2,1-3H3,(H,33,40)(H,34,37)(H,35,38)/t27?,32-/m0/s1. The molecule has 228 valence electrons. The molecule has 1 aliphatic rings. The van der Waals surface area contributed by atoms with Crippen molar-refractivity contribution in [3.05, 3.63) is 71.8 Å². The zero-order valence-corrected chi connectivity index (χ0v) is 24.9. The highest BCUT2D eigenvalue weighted by Gasteiger charge is 2.43. The summed E-state index contributed by atoms with van der Waals surface area (Å²) in [6.07, 6.45) is 1.73. The maximum atomic E-state index is 14.1. The van der Waals surface area contributed by atoms with Crippen molar-refractivity contribution in [1.29, 1.82) is 0 Å². The Bertz CT molecular complexity index is 1150. The lowest BCUT2D eigenvalue weighted by molar-refractivity contribution is -0.147. The van der Waals surface area contributed by atoms with Gasteiger partial charge in [-0.3, -0.25) is 19.3 Å². The summed E-state index contributed by atoms with van der Waals surface area (Å²) >= 11 is 0. The summed E-state index contributed by atoms with van der Waals surface area (Å²) in [5.74, 6) is -2.16. The Labute approximate surface area is 248 Å². The normalized spacial score (nSPS) is 15.7. The van der Waals surface area contributed by atoms with Gasteiger partial charge in [0.15, 0.2) is 5.66 Å². The summed E-state index contributed by atoms with van der Waals surface area (Å²) in [6, 6.07) is 18.1. The highest BCUT2D eigenvalue weighted by Crippen LogP contribution is 2.18. The summed E-state index contributed by atoms with van der Waals surface area (Å²) in [5.41, 5.74) is 0.158. The van der Waals surface area contributed by atoms with Gasteiger partial charge in [-0.15, -0.1) is 0 Å². The van der Waals surface area contributed by atoms with Crippen molar-refractivity contribution >= 4 is 23.7 Å². The van der Waals surface area contributed by atoms with E-state index >= 15 is 0 Å². The smallest absolute Gasteiger partial charge is 0.328 e. The van der Waals surface area contributed by atoms with Crippen LogP contribution in [0.1, 0.15) is 44.2 Å². The third-order valence-corrected chi connectivity index (χ3v) is 7.06. The Morgan fingerprint density at radius 2 is 1.50 bits per heavy atom. The topological polar surface area (TPSA) is 126 Å². The van der Waals surface area contributed by atoms with E-state index in [0.717, 1.165) is 11.1 Å². The number of hydrogen-bond donors (Lipinski definition) is 3.